The molecule has 0 aromatic heterocycles. The second kappa shape index (κ2) is 3.80. The highest BCUT2D eigenvalue weighted by atomic mass is 16.1. The van der Waals surface area contributed by atoms with Gasteiger partial charge in [0.15, 0.2) is 0 Å². The van der Waals surface area contributed by atoms with Crippen LogP contribution >= 0.6 is 0 Å². The van der Waals surface area contributed by atoms with Crippen LogP contribution in [0.4, 0.5) is 0 Å². The smallest absolute Gasteiger partial charge is 0.136 e. The molecule has 1 aliphatic rings. The van der Waals surface area contributed by atoms with E-state index >= 15 is 0 Å². The molecule has 2 unspecified atom stereocenters. The maximum atomic E-state index is 11.2. The lowest BCUT2D eigenvalue weighted by molar-refractivity contribution is -0.130. The van der Waals surface area contributed by atoms with E-state index in [1.807, 2.05) is 6.92 Å². The first-order chi connectivity index (χ1) is 7.09. The Morgan fingerprint density at radius 3 is 2.20 bits per heavy atom. The Morgan fingerprint density at radius 1 is 1.20 bits per heavy atom. The van der Waals surface area contributed by atoms with Crippen LogP contribution in [0.5, 0.6) is 0 Å². The molecule has 1 fully saturated rings. The fourth-order valence-electron chi connectivity index (χ4n) is 2.18. The lowest BCUT2D eigenvalue weighted by Crippen LogP contribution is -2.32. The first kappa shape index (κ1) is 10.4. The highest BCUT2D eigenvalue weighted by Gasteiger charge is 2.36. The Labute approximate surface area is 91.5 Å². The summed E-state index contributed by atoms with van der Waals surface area (Å²) in [6.45, 7) is 6.43. The Bertz CT molecular complexity index is 361. The Kier molecular flexibility index (Phi) is 2.64. The lowest BCUT2D eigenvalue weighted by atomic mass is 9.70. The minimum Gasteiger partial charge on any atom is -0.299 e. The van der Waals surface area contributed by atoms with Gasteiger partial charge in [-0.1, -0.05) is 45.0 Å². The zero-order chi connectivity index (χ0) is 11.0. The summed E-state index contributed by atoms with van der Waals surface area (Å²) < 4.78 is 0. The largest absolute Gasteiger partial charge is 0.299 e. The number of hydrogen-bond acceptors (Lipinski definition) is 1. The van der Waals surface area contributed by atoms with Crippen LogP contribution in [0.15, 0.2) is 24.3 Å². The van der Waals surface area contributed by atoms with Gasteiger partial charge in [-0.3, -0.25) is 4.79 Å². The van der Waals surface area contributed by atoms with Gasteiger partial charge in [-0.15, -0.1) is 0 Å². The predicted octanol–water partition coefficient (Wildman–Crippen LogP) is 3.50. The summed E-state index contributed by atoms with van der Waals surface area (Å²) in [6, 6.07) is 8.75. The van der Waals surface area contributed by atoms with Crippen LogP contribution in [0.3, 0.4) is 0 Å². The standard InChI is InChI=1S/C14H18O/c1-9(2)11-4-6-12(7-5-11)13-8-14(15)10(13)3/h4-7,9-10,13H,8H2,1-3H3. The second-order valence-electron chi connectivity index (χ2n) is 4.89. The fourth-order valence-corrected chi connectivity index (χ4v) is 2.18. The monoisotopic (exact) mass is 202 g/mol. The molecule has 0 N–H and O–H groups in total. The van der Waals surface area contributed by atoms with Crippen molar-refractivity contribution in [1.82, 2.24) is 0 Å². The molecule has 2 rings (SSSR count). The van der Waals surface area contributed by atoms with Crippen molar-refractivity contribution in [3.05, 3.63) is 35.4 Å². The van der Waals surface area contributed by atoms with Gasteiger partial charge in [0, 0.05) is 18.3 Å². The van der Waals surface area contributed by atoms with Crippen molar-refractivity contribution in [3.8, 4) is 0 Å². The molecule has 15 heavy (non-hydrogen) atoms. The first-order valence-corrected chi connectivity index (χ1v) is 5.72. The normalized spacial score (nSPS) is 25.5. The highest BCUT2D eigenvalue weighted by Crippen LogP contribution is 2.39. The van der Waals surface area contributed by atoms with E-state index in [4.69, 9.17) is 0 Å². The third-order valence-corrected chi connectivity index (χ3v) is 3.56. The Morgan fingerprint density at radius 2 is 1.80 bits per heavy atom. The number of carbonyl (C=O) groups is 1. The number of carbonyl (C=O) groups excluding carboxylic acids is 1. The molecule has 1 nitrogen and oxygen atoms in total. The molecule has 0 aliphatic heterocycles. The Balaban J connectivity index is 2.14. The summed E-state index contributed by atoms with van der Waals surface area (Å²) >= 11 is 0. The molecule has 0 amide bonds. The van der Waals surface area contributed by atoms with Gasteiger partial charge in [-0.25, -0.2) is 0 Å². The molecule has 0 heterocycles. The van der Waals surface area contributed by atoms with Crippen molar-refractivity contribution < 1.29 is 4.79 Å². The molecule has 1 saturated carbocycles. The van der Waals surface area contributed by atoms with Crippen molar-refractivity contribution >= 4 is 5.78 Å². The lowest BCUT2D eigenvalue weighted by Gasteiger charge is -2.32. The van der Waals surface area contributed by atoms with Gasteiger partial charge < -0.3 is 0 Å². The van der Waals surface area contributed by atoms with Crippen molar-refractivity contribution in [2.45, 2.75) is 39.0 Å². The predicted molar refractivity (Wildman–Crippen MR) is 62.1 cm³/mol. The number of benzene rings is 1. The van der Waals surface area contributed by atoms with E-state index in [-0.39, 0.29) is 5.92 Å². The molecule has 0 radical (unpaired) electrons. The molecule has 80 valence electrons. The van der Waals surface area contributed by atoms with E-state index in [0.717, 1.165) is 6.42 Å². The van der Waals surface area contributed by atoms with Crippen LogP contribution < -0.4 is 0 Å². The van der Waals surface area contributed by atoms with Gasteiger partial charge in [0.2, 0.25) is 0 Å². The van der Waals surface area contributed by atoms with Gasteiger partial charge in [0.1, 0.15) is 5.78 Å². The highest BCUT2D eigenvalue weighted by molar-refractivity contribution is 5.88. The molecule has 1 aromatic carbocycles. The third-order valence-electron chi connectivity index (χ3n) is 3.56. The van der Waals surface area contributed by atoms with E-state index < -0.39 is 0 Å². The molecule has 0 spiro atoms. The maximum absolute atomic E-state index is 11.2. The average Bonchev–Trinajstić information content (AvgIpc) is 2.25. The van der Waals surface area contributed by atoms with Gasteiger partial charge in [-0.2, -0.15) is 0 Å². The zero-order valence-electron chi connectivity index (χ0n) is 9.66. The zero-order valence-corrected chi connectivity index (χ0v) is 9.66. The summed E-state index contributed by atoms with van der Waals surface area (Å²) in [5.74, 6) is 1.70. The number of Topliss-reactive ketones (excluding diaryl/α,β-unsaturated/α-hetero) is 1. The summed E-state index contributed by atoms with van der Waals surface area (Å²) in [5, 5.41) is 0. The van der Waals surface area contributed by atoms with Crippen molar-refractivity contribution in [2.75, 3.05) is 0 Å². The first-order valence-electron chi connectivity index (χ1n) is 5.72. The van der Waals surface area contributed by atoms with Gasteiger partial charge in [0.05, 0.1) is 0 Å². The van der Waals surface area contributed by atoms with E-state index in [9.17, 15) is 4.79 Å². The quantitative estimate of drug-likeness (QED) is 0.717. The molecule has 1 heteroatoms. The van der Waals surface area contributed by atoms with Crippen molar-refractivity contribution in [1.29, 1.82) is 0 Å². The summed E-state index contributed by atoms with van der Waals surface area (Å²) in [7, 11) is 0. The number of hydrogen-bond donors (Lipinski definition) is 0. The molecule has 2 atom stereocenters. The van der Waals surface area contributed by atoms with Gasteiger partial charge >= 0.3 is 0 Å². The van der Waals surface area contributed by atoms with Crippen LogP contribution in [0, 0.1) is 5.92 Å². The summed E-state index contributed by atoms with van der Waals surface area (Å²) in [6.07, 6.45) is 0.738. The van der Waals surface area contributed by atoms with Crippen molar-refractivity contribution in [2.24, 2.45) is 5.92 Å². The molecule has 1 aromatic rings. The molecular formula is C14H18O. The van der Waals surface area contributed by atoms with E-state index in [0.29, 0.717) is 17.6 Å². The summed E-state index contributed by atoms with van der Waals surface area (Å²) in [5.41, 5.74) is 2.70. The van der Waals surface area contributed by atoms with E-state index in [2.05, 4.69) is 38.1 Å². The molecule has 0 bridgehead atoms. The van der Waals surface area contributed by atoms with Crippen LogP contribution in [0.25, 0.3) is 0 Å². The third kappa shape index (κ3) is 1.83. The van der Waals surface area contributed by atoms with Crippen LogP contribution in [0.1, 0.15) is 50.2 Å². The summed E-state index contributed by atoms with van der Waals surface area (Å²) in [4.78, 5) is 11.2. The number of rotatable bonds is 2. The Hall–Kier alpha value is -1.11. The average molecular weight is 202 g/mol. The second-order valence-corrected chi connectivity index (χ2v) is 4.89. The SMILES string of the molecule is CC(C)c1ccc(C2CC(=O)C2C)cc1. The van der Waals surface area contributed by atoms with Crippen LogP contribution in [-0.2, 0) is 4.79 Å². The minimum absolute atomic E-state index is 0.231. The van der Waals surface area contributed by atoms with Gasteiger partial charge in [-0.05, 0) is 17.0 Å². The fraction of sp³-hybridized carbons (Fsp3) is 0.500. The topological polar surface area (TPSA) is 17.1 Å². The number of ketones is 1. The van der Waals surface area contributed by atoms with Crippen LogP contribution in [-0.4, -0.2) is 5.78 Å². The van der Waals surface area contributed by atoms with E-state index in [1.165, 1.54) is 11.1 Å². The minimum atomic E-state index is 0.231. The van der Waals surface area contributed by atoms with Crippen molar-refractivity contribution in [3.63, 3.8) is 0 Å². The van der Waals surface area contributed by atoms with E-state index in [1.54, 1.807) is 0 Å². The molecule has 1 aliphatic carbocycles. The maximum Gasteiger partial charge on any atom is 0.136 e. The van der Waals surface area contributed by atoms with Gasteiger partial charge in [0.25, 0.3) is 0 Å². The molecular weight excluding hydrogens is 184 g/mol. The molecule has 0 saturated heterocycles. The van der Waals surface area contributed by atoms with Crippen LogP contribution in [0.2, 0.25) is 0 Å².